The average molecular weight is 299 g/mol. The number of aromatic carboxylic acids is 1. The van der Waals surface area contributed by atoms with E-state index in [1.165, 1.54) is 30.5 Å². The smallest absolute Gasteiger partial charge is 0.477 e. The molecule has 0 aliphatic heterocycles. The highest BCUT2D eigenvalue weighted by molar-refractivity contribution is 5.85. The van der Waals surface area contributed by atoms with Crippen molar-refractivity contribution in [3.63, 3.8) is 0 Å². The Labute approximate surface area is 116 Å². The lowest BCUT2D eigenvalue weighted by molar-refractivity contribution is -0.274. The first kappa shape index (κ1) is 14.6. The van der Waals surface area contributed by atoms with Gasteiger partial charge in [0.25, 0.3) is 0 Å². The highest BCUT2D eigenvalue weighted by atomic mass is 19.4. The summed E-state index contributed by atoms with van der Waals surface area (Å²) in [6.07, 6.45) is -3.55. The van der Waals surface area contributed by atoms with Crippen molar-refractivity contribution in [1.29, 1.82) is 0 Å². The molecular formula is C13H8F3NO4. The van der Waals surface area contributed by atoms with E-state index in [0.29, 0.717) is 0 Å². The molecule has 0 aliphatic rings. The molecule has 0 amide bonds. The quantitative estimate of drug-likeness (QED) is 0.936. The Kier molecular flexibility index (Phi) is 3.97. The lowest BCUT2D eigenvalue weighted by Gasteiger charge is -2.09. The second-order valence-corrected chi connectivity index (χ2v) is 3.81. The number of pyridine rings is 1. The maximum Gasteiger partial charge on any atom is 0.573 e. The second-order valence-electron chi connectivity index (χ2n) is 3.81. The van der Waals surface area contributed by atoms with E-state index in [0.717, 1.165) is 12.1 Å². The monoisotopic (exact) mass is 299 g/mol. The Morgan fingerprint density at radius 3 is 2.05 bits per heavy atom. The molecule has 110 valence electrons. The number of halogens is 3. The van der Waals surface area contributed by atoms with Gasteiger partial charge in [0.05, 0.1) is 6.20 Å². The van der Waals surface area contributed by atoms with E-state index in [4.69, 9.17) is 9.84 Å². The van der Waals surface area contributed by atoms with E-state index in [1.54, 1.807) is 0 Å². The third kappa shape index (κ3) is 4.37. The molecule has 1 aromatic heterocycles. The number of benzene rings is 1. The molecule has 0 unspecified atom stereocenters. The summed E-state index contributed by atoms with van der Waals surface area (Å²) < 4.78 is 45.0. The largest absolute Gasteiger partial charge is 0.573 e. The zero-order chi connectivity index (χ0) is 15.5. The minimum absolute atomic E-state index is 0.142. The number of carboxylic acid groups (broad SMARTS) is 1. The maximum atomic E-state index is 12.0. The number of aromatic nitrogens is 1. The van der Waals surface area contributed by atoms with Crippen molar-refractivity contribution >= 4 is 5.97 Å². The molecule has 0 radical (unpaired) electrons. The Hall–Kier alpha value is -2.77. The number of hydrogen-bond donors (Lipinski definition) is 1. The molecule has 0 bridgehead atoms. The number of carboxylic acids is 1. The summed E-state index contributed by atoms with van der Waals surface area (Å²) in [4.78, 5) is 14.3. The normalized spacial score (nSPS) is 11.0. The molecule has 0 aliphatic carbocycles. The second kappa shape index (κ2) is 5.70. The van der Waals surface area contributed by atoms with Gasteiger partial charge in [-0.2, -0.15) is 0 Å². The molecule has 2 aromatic rings. The Morgan fingerprint density at radius 2 is 1.57 bits per heavy atom. The lowest BCUT2D eigenvalue weighted by atomic mass is 10.3. The van der Waals surface area contributed by atoms with Crippen molar-refractivity contribution in [3.8, 4) is 17.2 Å². The van der Waals surface area contributed by atoms with Gasteiger partial charge in [-0.05, 0) is 36.4 Å². The fourth-order valence-corrected chi connectivity index (χ4v) is 1.41. The minimum atomic E-state index is -4.75. The standard InChI is InChI=1S/C13H8F3NO4/c14-13(15,16)21-9-3-1-8(2-4-9)20-10-5-6-11(12(18)19)17-7-10/h1-7H,(H,18,19). The first-order chi connectivity index (χ1) is 9.83. The summed E-state index contributed by atoms with van der Waals surface area (Å²) in [6, 6.07) is 7.40. The van der Waals surface area contributed by atoms with E-state index in [-0.39, 0.29) is 22.9 Å². The molecular weight excluding hydrogens is 291 g/mol. The van der Waals surface area contributed by atoms with Crippen LogP contribution in [0.4, 0.5) is 13.2 Å². The Balaban J connectivity index is 2.04. The topological polar surface area (TPSA) is 68.7 Å². The molecule has 1 N–H and O–H groups in total. The van der Waals surface area contributed by atoms with Crippen LogP contribution < -0.4 is 9.47 Å². The van der Waals surface area contributed by atoms with Crippen LogP contribution in [0.2, 0.25) is 0 Å². The number of alkyl halides is 3. The first-order valence-corrected chi connectivity index (χ1v) is 5.56. The van der Waals surface area contributed by atoms with Gasteiger partial charge < -0.3 is 14.6 Å². The van der Waals surface area contributed by atoms with Crippen LogP contribution >= 0.6 is 0 Å². The van der Waals surface area contributed by atoms with Gasteiger partial charge in [0.2, 0.25) is 0 Å². The fourth-order valence-electron chi connectivity index (χ4n) is 1.41. The van der Waals surface area contributed by atoms with Crippen molar-refractivity contribution in [2.24, 2.45) is 0 Å². The summed E-state index contributed by atoms with van der Waals surface area (Å²) in [5.41, 5.74) is -0.142. The van der Waals surface area contributed by atoms with Crippen LogP contribution in [-0.2, 0) is 0 Å². The van der Waals surface area contributed by atoms with Crippen LogP contribution in [0.15, 0.2) is 42.6 Å². The Morgan fingerprint density at radius 1 is 1.00 bits per heavy atom. The molecule has 0 saturated carbocycles. The van der Waals surface area contributed by atoms with Crippen molar-refractivity contribution in [2.75, 3.05) is 0 Å². The molecule has 8 heteroatoms. The molecule has 0 atom stereocenters. The maximum absolute atomic E-state index is 12.0. The van der Waals surface area contributed by atoms with Gasteiger partial charge in [-0.25, -0.2) is 9.78 Å². The SMILES string of the molecule is O=C(O)c1ccc(Oc2ccc(OC(F)(F)F)cc2)cn1. The minimum Gasteiger partial charge on any atom is -0.477 e. The summed E-state index contributed by atoms with van der Waals surface area (Å²) >= 11 is 0. The van der Waals surface area contributed by atoms with Crippen molar-refractivity contribution in [2.45, 2.75) is 6.36 Å². The summed E-state index contributed by atoms with van der Waals surface area (Å²) in [5.74, 6) is -1.02. The number of rotatable bonds is 4. The van der Waals surface area contributed by atoms with E-state index in [1.807, 2.05) is 0 Å². The third-order valence-corrected chi connectivity index (χ3v) is 2.25. The molecule has 5 nitrogen and oxygen atoms in total. The zero-order valence-corrected chi connectivity index (χ0v) is 10.3. The van der Waals surface area contributed by atoms with E-state index in [9.17, 15) is 18.0 Å². The predicted octanol–water partition coefficient (Wildman–Crippen LogP) is 3.47. The number of nitrogens with zero attached hydrogens (tertiary/aromatic N) is 1. The van der Waals surface area contributed by atoms with Crippen molar-refractivity contribution in [3.05, 3.63) is 48.3 Å². The van der Waals surface area contributed by atoms with E-state index >= 15 is 0 Å². The molecule has 0 spiro atoms. The van der Waals surface area contributed by atoms with Gasteiger partial charge in [0.15, 0.2) is 0 Å². The van der Waals surface area contributed by atoms with Gasteiger partial charge in [-0.15, -0.1) is 13.2 Å². The molecule has 21 heavy (non-hydrogen) atoms. The van der Waals surface area contributed by atoms with Crippen LogP contribution in [0.5, 0.6) is 17.2 Å². The molecule has 2 rings (SSSR count). The highest BCUT2D eigenvalue weighted by Crippen LogP contribution is 2.27. The van der Waals surface area contributed by atoms with Gasteiger partial charge in [0, 0.05) is 0 Å². The van der Waals surface area contributed by atoms with Crippen molar-refractivity contribution < 1.29 is 32.5 Å². The highest BCUT2D eigenvalue weighted by Gasteiger charge is 2.30. The van der Waals surface area contributed by atoms with Crippen LogP contribution in [0.25, 0.3) is 0 Å². The summed E-state index contributed by atoms with van der Waals surface area (Å²) in [5, 5.41) is 8.68. The van der Waals surface area contributed by atoms with Crippen molar-refractivity contribution in [1.82, 2.24) is 4.98 Å². The molecule has 1 heterocycles. The number of ether oxygens (including phenoxy) is 2. The molecule has 0 saturated heterocycles. The van der Waals surface area contributed by atoms with Gasteiger partial charge in [0.1, 0.15) is 22.9 Å². The van der Waals surface area contributed by atoms with Gasteiger partial charge in [-0.1, -0.05) is 0 Å². The number of hydrogen-bond acceptors (Lipinski definition) is 4. The summed E-state index contributed by atoms with van der Waals surface area (Å²) in [6.45, 7) is 0. The van der Waals surface area contributed by atoms with Crippen LogP contribution in [-0.4, -0.2) is 22.4 Å². The van der Waals surface area contributed by atoms with E-state index < -0.39 is 12.3 Å². The van der Waals surface area contributed by atoms with Gasteiger partial charge in [-0.3, -0.25) is 0 Å². The molecule has 0 fully saturated rings. The van der Waals surface area contributed by atoms with Crippen LogP contribution in [0.1, 0.15) is 10.5 Å². The molecule has 1 aromatic carbocycles. The fraction of sp³-hybridized carbons (Fsp3) is 0.0769. The summed E-state index contributed by atoms with van der Waals surface area (Å²) in [7, 11) is 0. The first-order valence-electron chi connectivity index (χ1n) is 5.56. The van der Waals surface area contributed by atoms with Gasteiger partial charge >= 0.3 is 12.3 Å². The number of carbonyl (C=O) groups is 1. The average Bonchev–Trinajstić information content (AvgIpc) is 2.40. The van der Waals surface area contributed by atoms with Crippen LogP contribution in [0, 0.1) is 0 Å². The Bertz CT molecular complexity index is 623. The lowest BCUT2D eigenvalue weighted by Crippen LogP contribution is -2.16. The van der Waals surface area contributed by atoms with E-state index in [2.05, 4.69) is 9.72 Å². The van der Waals surface area contributed by atoms with Crippen LogP contribution in [0.3, 0.4) is 0 Å². The predicted molar refractivity (Wildman–Crippen MR) is 64.4 cm³/mol. The third-order valence-electron chi connectivity index (χ3n) is 2.25. The zero-order valence-electron chi connectivity index (χ0n) is 10.3.